The van der Waals surface area contributed by atoms with E-state index in [1.165, 1.54) is 11.8 Å². The number of nitrogens with one attached hydrogen (secondary N) is 2. The molecule has 0 bridgehead atoms. The maximum Gasteiger partial charge on any atom is 0.234 e. The molecule has 3 aromatic rings. The Kier molecular flexibility index (Phi) is 7.87. The van der Waals surface area contributed by atoms with Crippen LogP contribution in [0.15, 0.2) is 59.8 Å². The highest BCUT2D eigenvalue weighted by Gasteiger charge is 2.15. The number of halogens is 1. The number of amides is 2. The minimum atomic E-state index is -0.148. The minimum absolute atomic E-state index is 0.113. The van der Waals surface area contributed by atoms with E-state index in [0.717, 1.165) is 5.69 Å². The molecule has 1 heterocycles. The molecule has 0 unspecified atom stereocenters. The summed E-state index contributed by atoms with van der Waals surface area (Å²) in [5.41, 5.74) is 1.34. The van der Waals surface area contributed by atoms with E-state index in [4.69, 9.17) is 11.6 Å². The third-order valence-corrected chi connectivity index (χ3v) is 5.52. The fourth-order valence-electron chi connectivity index (χ4n) is 2.78. The lowest BCUT2D eigenvalue weighted by atomic mass is 10.2. The Morgan fingerprint density at radius 2 is 1.73 bits per heavy atom. The van der Waals surface area contributed by atoms with Crippen molar-refractivity contribution >= 4 is 46.6 Å². The standard InChI is InChI=1S/C21H22ClN5O2S/c1-2-27-18(12-13-19(28)24-17-11-7-6-10-16(17)22)25-26-21(27)30-14-20(29)23-15-8-4-3-5-9-15/h3-11H,2,12-14H2,1H3,(H,23,29)(H,24,28). The maximum absolute atomic E-state index is 12.2. The maximum atomic E-state index is 12.2. The number of hydrogen-bond donors (Lipinski definition) is 2. The molecule has 0 aliphatic carbocycles. The molecule has 0 saturated heterocycles. The number of nitrogens with zero attached hydrogens (tertiary/aromatic N) is 3. The molecule has 0 radical (unpaired) electrons. The van der Waals surface area contributed by atoms with Crippen molar-refractivity contribution in [2.75, 3.05) is 16.4 Å². The average molecular weight is 444 g/mol. The summed E-state index contributed by atoms with van der Waals surface area (Å²) >= 11 is 7.39. The molecule has 9 heteroatoms. The normalized spacial score (nSPS) is 10.6. The van der Waals surface area contributed by atoms with E-state index in [-0.39, 0.29) is 24.0 Å². The van der Waals surface area contributed by atoms with Crippen molar-refractivity contribution in [2.45, 2.75) is 31.5 Å². The second-order valence-corrected chi connectivity index (χ2v) is 7.72. The van der Waals surface area contributed by atoms with Gasteiger partial charge < -0.3 is 15.2 Å². The molecule has 0 spiro atoms. The first-order valence-electron chi connectivity index (χ1n) is 9.51. The Morgan fingerprint density at radius 1 is 1.00 bits per heavy atom. The average Bonchev–Trinajstić information content (AvgIpc) is 3.15. The second kappa shape index (κ2) is 10.8. The number of carbonyl (C=O) groups is 2. The van der Waals surface area contributed by atoms with Gasteiger partial charge in [0.1, 0.15) is 5.82 Å². The van der Waals surface area contributed by atoms with Gasteiger partial charge in [0.05, 0.1) is 16.5 Å². The zero-order valence-electron chi connectivity index (χ0n) is 16.5. The van der Waals surface area contributed by atoms with E-state index < -0.39 is 0 Å². The Balaban J connectivity index is 1.53. The van der Waals surface area contributed by atoms with Crippen LogP contribution in [0.3, 0.4) is 0 Å². The molecule has 0 saturated carbocycles. The molecule has 30 heavy (non-hydrogen) atoms. The Hall–Kier alpha value is -2.84. The number of carbonyl (C=O) groups excluding carboxylic acids is 2. The lowest BCUT2D eigenvalue weighted by Crippen LogP contribution is -2.15. The van der Waals surface area contributed by atoms with Crippen LogP contribution in [0.4, 0.5) is 11.4 Å². The van der Waals surface area contributed by atoms with E-state index in [9.17, 15) is 9.59 Å². The lowest BCUT2D eigenvalue weighted by Gasteiger charge is -2.09. The molecule has 0 atom stereocenters. The summed E-state index contributed by atoms with van der Waals surface area (Å²) < 4.78 is 1.92. The molecule has 0 aliphatic heterocycles. The van der Waals surface area contributed by atoms with E-state index >= 15 is 0 Å². The van der Waals surface area contributed by atoms with Crippen molar-refractivity contribution in [3.63, 3.8) is 0 Å². The van der Waals surface area contributed by atoms with Crippen LogP contribution in [-0.4, -0.2) is 32.3 Å². The van der Waals surface area contributed by atoms with Gasteiger partial charge in [-0.3, -0.25) is 9.59 Å². The second-order valence-electron chi connectivity index (χ2n) is 6.37. The highest BCUT2D eigenvalue weighted by atomic mass is 35.5. The third-order valence-electron chi connectivity index (χ3n) is 4.22. The molecular formula is C21H22ClN5O2S. The molecule has 0 aliphatic rings. The minimum Gasteiger partial charge on any atom is -0.325 e. The quantitative estimate of drug-likeness (QED) is 0.482. The summed E-state index contributed by atoms with van der Waals surface area (Å²) in [6, 6.07) is 16.4. The van der Waals surface area contributed by atoms with Crippen LogP contribution in [0.5, 0.6) is 0 Å². The largest absolute Gasteiger partial charge is 0.325 e. The van der Waals surface area contributed by atoms with Crippen LogP contribution in [0.2, 0.25) is 5.02 Å². The molecule has 156 valence electrons. The number of rotatable bonds is 9. The number of aryl methyl sites for hydroxylation is 1. The van der Waals surface area contributed by atoms with Crippen LogP contribution in [0, 0.1) is 0 Å². The van der Waals surface area contributed by atoms with Gasteiger partial charge in [0.2, 0.25) is 11.8 Å². The van der Waals surface area contributed by atoms with Crippen LogP contribution in [0.1, 0.15) is 19.2 Å². The van der Waals surface area contributed by atoms with Crippen molar-refractivity contribution in [2.24, 2.45) is 0 Å². The van der Waals surface area contributed by atoms with Crippen LogP contribution >= 0.6 is 23.4 Å². The zero-order valence-corrected chi connectivity index (χ0v) is 18.0. The van der Waals surface area contributed by atoms with E-state index in [0.29, 0.717) is 34.7 Å². The lowest BCUT2D eigenvalue weighted by molar-refractivity contribution is -0.116. The first-order valence-corrected chi connectivity index (χ1v) is 10.9. The fourth-order valence-corrected chi connectivity index (χ4v) is 3.78. The smallest absolute Gasteiger partial charge is 0.234 e. The summed E-state index contributed by atoms with van der Waals surface area (Å²) in [5.74, 6) is 0.667. The number of anilines is 2. The highest BCUT2D eigenvalue weighted by molar-refractivity contribution is 7.99. The monoisotopic (exact) mass is 443 g/mol. The van der Waals surface area contributed by atoms with Gasteiger partial charge in [-0.1, -0.05) is 53.7 Å². The predicted octanol–water partition coefficient (Wildman–Crippen LogP) is 4.25. The van der Waals surface area contributed by atoms with Crippen LogP contribution < -0.4 is 10.6 Å². The van der Waals surface area contributed by atoms with E-state index in [2.05, 4.69) is 20.8 Å². The summed E-state index contributed by atoms with van der Waals surface area (Å²) in [4.78, 5) is 24.4. The number of benzene rings is 2. The summed E-state index contributed by atoms with van der Waals surface area (Å²) in [6.07, 6.45) is 0.691. The number of para-hydroxylation sites is 2. The molecule has 0 fully saturated rings. The van der Waals surface area contributed by atoms with Gasteiger partial charge in [-0.05, 0) is 31.2 Å². The van der Waals surface area contributed by atoms with Crippen LogP contribution in [0.25, 0.3) is 0 Å². The predicted molar refractivity (Wildman–Crippen MR) is 120 cm³/mol. The Labute approximate surface area is 184 Å². The Bertz CT molecular complexity index is 1010. The molecule has 7 nitrogen and oxygen atoms in total. The third kappa shape index (κ3) is 6.08. The molecule has 2 amide bonds. The topological polar surface area (TPSA) is 88.9 Å². The summed E-state index contributed by atoms with van der Waals surface area (Å²) in [6.45, 7) is 2.63. The van der Waals surface area contributed by atoms with E-state index in [1.54, 1.807) is 18.2 Å². The number of aromatic nitrogens is 3. The van der Waals surface area contributed by atoms with Gasteiger partial charge in [0.15, 0.2) is 5.16 Å². The molecule has 2 N–H and O–H groups in total. The van der Waals surface area contributed by atoms with Gasteiger partial charge in [-0.15, -0.1) is 10.2 Å². The van der Waals surface area contributed by atoms with Crippen molar-refractivity contribution < 1.29 is 9.59 Å². The van der Waals surface area contributed by atoms with Crippen molar-refractivity contribution in [3.05, 3.63) is 65.4 Å². The highest BCUT2D eigenvalue weighted by Crippen LogP contribution is 2.21. The fraction of sp³-hybridized carbons (Fsp3) is 0.238. The van der Waals surface area contributed by atoms with Crippen molar-refractivity contribution in [1.82, 2.24) is 14.8 Å². The van der Waals surface area contributed by atoms with E-state index in [1.807, 2.05) is 47.9 Å². The zero-order chi connectivity index (χ0) is 21.3. The van der Waals surface area contributed by atoms with Crippen molar-refractivity contribution in [1.29, 1.82) is 0 Å². The summed E-state index contributed by atoms with van der Waals surface area (Å²) in [5, 5.41) is 15.2. The summed E-state index contributed by atoms with van der Waals surface area (Å²) in [7, 11) is 0. The number of hydrogen-bond acceptors (Lipinski definition) is 5. The Morgan fingerprint density at radius 3 is 2.47 bits per heavy atom. The number of thioether (sulfide) groups is 1. The molecule has 1 aromatic heterocycles. The van der Waals surface area contributed by atoms with Gasteiger partial charge in [0.25, 0.3) is 0 Å². The first kappa shape index (κ1) is 21.9. The SMILES string of the molecule is CCn1c(CCC(=O)Nc2ccccc2Cl)nnc1SCC(=O)Nc1ccccc1. The molecule has 3 rings (SSSR count). The van der Waals surface area contributed by atoms with Gasteiger partial charge in [0, 0.05) is 25.1 Å². The first-order chi connectivity index (χ1) is 14.6. The van der Waals surface area contributed by atoms with Crippen molar-refractivity contribution in [3.8, 4) is 0 Å². The molecule has 2 aromatic carbocycles. The molecular weight excluding hydrogens is 422 g/mol. The van der Waals surface area contributed by atoms with Gasteiger partial charge >= 0.3 is 0 Å². The van der Waals surface area contributed by atoms with Gasteiger partial charge in [-0.2, -0.15) is 0 Å². The van der Waals surface area contributed by atoms with Crippen LogP contribution in [-0.2, 0) is 22.6 Å². The van der Waals surface area contributed by atoms with Gasteiger partial charge in [-0.25, -0.2) is 0 Å².